The quantitative estimate of drug-likeness (QED) is 0.883. The number of carbonyl (C=O) groups is 2. The third-order valence-corrected chi connectivity index (χ3v) is 6.29. The topological polar surface area (TPSA) is 52.6 Å². The van der Waals surface area contributed by atoms with Crippen molar-refractivity contribution in [2.24, 2.45) is 5.41 Å². The lowest BCUT2D eigenvalue weighted by atomic mass is 9.86. The summed E-state index contributed by atoms with van der Waals surface area (Å²) in [6.07, 6.45) is 7.39. The van der Waals surface area contributed by atoms with Gasteiger partial charge in [0.15, 0.2) is 0 Å². The van der Waals surface area contributed by atoms with Gasteiger partial charge in [-0.25, -0.2) is 4.79 Å². The Kier molecular flexibility index (Phi) is 4.63. The smallest absolute Gasteiger partial charge is 0.317 e. The van der Waals surface area contributed by atoms with Gasteiger partial charge < -0.3 is 15.1 Å². The molecular weight excluding hydrogens is 326 g/mol. The summed E-state index contributed by atoms with van der Waals surface area (Å²) in [5.74, 6) is 0.185. The molecule has 3 fully saturated rings. The van der Waals surface area contributed by atoms with Crippen LogP contribution in [0.4, 0.5) is 10.5 Å². The van der Waals surface area contributed by atoms with E-state index in [1.54, 1.807) is 0 Å². The molecule has 2 saturated heterocycles. The Labute approximate surface area is 155 Å². The van der Waals surface area contributed by atoms with Crippen LogP contribution in [-0.4, -0.2) is 42.5 Å². The van der Waals surface area contributed by atoms with Crippen LogP contribution in [0, 0.1) is 12.3 Å². The van der Waals surface area contributed by atoms with Gasteiger partial charge in [0.2, 0.25) is 5.91 Å². The molecule has 3 aliphatic rings. The monoisotopic (exact) mass is 355 g/mol. The Bertz CT molecular complexity index is 698. The number of hydrogen-bond acceptors (Lipinski definition) is 2. The van der Waals surface area contributed by atoms with Crippen molar-refractivity contribution in [3.8, 4) is 0 Å². The van der Waals surface area contributed by atoms with Crippen molar-refractivity contribution >= 4 is 17.6 Å². The molecule has 5 heteroatoms. The lowest BCUT2D eigenvalue weighted by Gasteiger charge is -2.27. The molecule has 0 aromatic heterocycles. The number of rotatable bonds is 2. The summed E-state index contributed by atoms with van der Waals surface area (Å²) < 4.78 is 0. The van der Waals surface area contributed by atoms with Gasteiger partial charge in [-0.05, 0) is 43.9 Å². The lowest BCUT2D eigenvalue weighted by Crippen LogP contribution is -2.45. The molecule has 1 saturated carbocycles. The molecule has 0 bridgehead atoms. The number of urea groups is 1. The second-order valence-corrected chi connectivity index (χ2v) is 8.45. The first-order valence-electron chi connectivity index (χ1n) is 9.97. The number of anilines is 1. The molecule has 2 heterocycles. The summed E-state index contributed by atoms with van der Waals surface area (Å²) in [5.41, 5.74) is 2.07. The van der Waals surface area contributed by atoms with E-state index in [2.05, 4.69) is 11.4 Å². The van der Waals surface area contributed by atoms with Gasteiger partial charge in [-0.15, -0.1) is 0 Å². The molecule has 4 rings (SSSR count). The molecule has 2 aliphatic heterocycles. The van der Waals surface area contributed by atoms with E-state index in [4.69, 9.17) is 0 Å². The fourth-order valence-electron chi connectivity index (χ4n) is 4.82. The predicted molar refractivity (Wildman–Crippen MR) is 102 cm³/mol. The molecule has 0 radical (unpaired) electrons. The van der Waals surface area contributed by atoms with E-state index in [1.807, 2.05) is 34.9 Å². The number of carbonyl (C=O) groups excluding carboxylic acids is 2. The van der Waals surface area contributed by atoms with Crippen molar-refractivity contribution in [3.05, 3.63) is 29.8 Å². The van der Waals surface area contributed by atoms with E-state index < -0.39 is 0 Å². The molecule has 1 aromatic carbocycles. The second kappa shape index (κ2) is 6.93. The lowest BCUT2D eigenvalue weighted by molar-refractivity contribution is -0.117. The number of nitrogens with zero attached hydrogens (tertiary/aromatic N) is 2. The van der Waals surface area contributed by atoms with Crippen molar-refractivity contribution in [1.82, 2.24) is 10.2 Å². The van der Waals surface area contributed by atoms with Crippen LogP contribution < -0.4 is 10.2 Å². The average Bonchev–Trinajstić information content (AvgIpc) is 3.19. The summed E-state index contributed by atoms with van der Waals surface area (Å²) in [7, 11) is 0. The highest BCUT2D eigenvalue weighted by Crippen LogP contribution is 2.42. The van der Waals surface area contributed by atoms with E-state index in [-0.39, 0.29) is 17.4 Å². The van der Waals surface area contributed by atoms with Crippen LogP contribution in [0.1, 0.15) is 50.5 Å². The minimum atomic E-state index is -0.0786. The third kappa shape index (κ3) is 3.44. The largest absolute Gasteiger partial charge is 0.335 e. The Balaban J connectivity index is 1.39. The van der Waals surface area contributed by atoms with Crippen LogP contribution in [0.5, 0.6) is 0 Å². The third-order valence-electron chi connectivity index (χ3n) is 6.29. The molecule has 5 nitrogen and oxygen atoms in total. The maximum absolute atomic E-state index is 12.6. The van der Waals surface area contributed by atoms with E-state index in [1.165, 1.54) is 19.3 Å². The Hall–Kier alpha value is -2.04. The molecule has 1 aromatic rings. The maximum atomic E-state index is 12.6. The fourth-order valence-corrected chi connectivity index (χ4v) is 4.82. The van der Waals surface area contributed by atoms with Gasteiger partial charge in [0.05, 0.1) is 0 Å². The van der Waals surface area contributed by atoms with Gasteiger partial charge in [-0.1, -0.05) is 31.4 Å². The first-order valence-corrected chi connectivity index (χ1v) is 9.97. The van der Waals surface area contributed by atoms with Gasteiger partial charge >= 0.3 is 6.03 Å². The number of benzene rings is 1. The molecule has 3 amide bonds. The van der Waals surface area contributed by atoms with Crippen LogP contribution in [-0.2, 0) is 4.79 Å². The molecule has 140 valence electrons. The molecule has 26 heavy (non-hydrogen) atoms. The van der Waals surface area contributed by atoms with Gasteiger partial charge in [0, 0.05) is 43.2 Å². The highest BCUT2D eigenvalue weighted by atomic mass is 16.2. The Morgan fingerprint density at radius 3 is 2.77 bits per heavy atom. The van der Waals surface area contributed by atoms with Gasteiger partial charge in [-0.3, -0.25) is 4.79 Å². The molecule has 1 unspecified atom stereocenters. The summed E-state index contributed by atoms with van der Waals surface area (Å²) in [6, 6.07) is 8.53. The van der Waals surface area contributed by atoms with Crippen LogP contribution in [0.3, 0.4) is 0 Å². The highest BCUT2D eigenvalue weighted by Gasteiger charge is 2.48. The zero-order valence-corrected chi connectivity index (χ0v) is 15.7. The summed E-state index contributed by atoms with van der Waals surface area (Å²) in [4.78, 5) is 29.1. The minimum absolute atomic E-state index is 0.0650. The zero-order chi connectivity index (χ0) is 18.1. The molecule has 1 atom stereocenters. The van der Waals surface area contributed by atoms with Crippen LogP contribution in [0.25, 0.3) is 0 Å². The normalized spacial score (nSPS) is 26.7. The van der Waals surface area contributed by atoms with E-state index in [0.29, 0.717) is 19.0 Å². The van der Waals surface area contributed by atoms with Crippen molar-refractivity contribution in [3.63, 3.8) is 0 Å². The first-order chi connectivity index (χ1) is 12.5. The van der Waals surface area contributed by atoms with Gasteiger partial charge in [0.25, 0.3) is 0 Å². The van der Waals surface area contributed by atoms with Crippen molar-refractivity contribution in [2.75, 3.05) is 24.5 Å². The molecule has 1 N–H and O–H groups in total. The Morgan fingerprint density at radius 2 is 2.00 bits per heavy atom. The first kappa shape index (κ1) is 17.4. The van der Waals surface area contributed by atoms with E-state index in [9.17, 15) is 9.59 Å². The van der Waals surface area contributed by atoms with Crippen molar-refractivity contribution in [2.45, 2.75) is 57.9 Å². The summed E-state index contributed by atoms with van der Waals surface area (Å²) in [5, 5.41) is 3.22. The number of likely N-dealkylation sites (tertiary alicyclic amines) is 1. The van der Waals surface area contributed by atoms with Gasteiger partial charge in [-0.2, -0.15) is 0 Å². The maximum Gasteiger partial charge on any atom is 0.317 e. The SMILES string of the molecule is Cc1cccc(N2CC3(CCN(C(=O)NC4CCCCC4)C3)CC2=O)c1. The fraction of sp³-hybridized carbons (Fsp3) is 0.619. The van der Waals surface area contributed by atoms with Crippen molar-refractivity contribution < 1.29 is 9.59 Å². The van der Waals surface area contributed by atoms with Crippen LogP contribution in [0.15, 0.2) is 24.3 Å². The molecular formula is C21H29N3O2. The number of nitrogens with one attached hydrogen (secondary N) is 1. The number of hydrogen-bond donors (Lipinski definition) is 1. The standard InChI is InChI=1S/C21H29N3O2/c1-16-6-5-9-18(12-16)24-15-21(13-19(24)25)10-11-23(14-21)20(26)22-17-7-3-2-4-8-17/h5-6,9,12,17H,2-4,7-8,10-11,13-15H2,1H3,(H,22,26). The molecule has 1 aliphatic carbocycles. The number of amides is 3. The zero-order valence-electron chi connectivity index (χ0n) is 15.7. The second-order valence-electron chi connectivity index (χ2n) is 8.45. The number of aryl methyl sites for hydroxylation is 1. The highest BCUT2D eigenvalue weighted by molar-refractivity contribution is 5.96. The van der Waals surface area contributed by atoms with Crippen molar-refractivity contribution in [1.29, 1.82) is 0 Å². The predicted octanol–water partition coefficient (Wildman–Crippen LogP) is 3.47. The van der Waals surface area contributed by atoms with E-state index >= 15 is 0 Å². The average molecular weight is 355 g/mol. The summed E-state index contributed by atoms with van der Waals surface area (Å²) >= 11 is 0. The van der Waals surface area contributed by atoms with Gasteiger partial charge in [0.1, 0.15) is 0 Å². The molecule has 1 spiro atoms. The minimum Gasteiger partial charge on any atom is -0.335 e. The Morgan fingerprint density at radius 1 is 1.19 bits per heavy atom. The van der Waals surface area contributed by atoms with Crippen LogP contribution >= 0.6 is 0 Å². The summed E-state index contributed by atoms with van der Waals surface area (Å²) in [6.45, 7) is 4.22. The van der Waals surface area contributed by atoms with Crippen LogP contribution in [0.2, 0.25) is 0 Å². The van der Waals surface area contributed by atoms with E-state index in [0.717, 1.165) is 43.6 Å².